The number of nitriles is 1. The molecule has 6 nitrogen and oxygen atoms in total. The summed E-state index contributed by atoms with van der Waals surface area (Å²) >= 11 is 0. The number of barbiturate groups is 1. The molecule has 56 valence electrons. The number of carbonyl (C=O) groups is 3. The fourth-order valence-corrected chi connectivity index (χ4v) is 0.636. The average Bonchev–Trinajstić information content (AvgIpc) is 1.85. The van der Waals surface area contributed by atoms with Crippen molar-refractivity contribution in [2.75, 3.05) is 0 Å². The molecule has 0 aromatic rings. The van der Waals surface area contributed by atoms with E-state index < -0.39 is 23.8 Å². The summed E-state index contributed by atoms with van der Waals surface area (Å²) in [4.78, 5) is 31.6. The summed E-state index contributed by atoms with van der Waals surface area (Å²) in [7, 11) is 0. The Labute approximate surface area is 61.2 Å². The van der Waals surface area contributed by atoms with Gasteiger partial charge in [-0.25, -0.2) is 4.79 Å². The summed E-state index contributed by atoms with van der Waals surface area (Å²) in [6.07, 6.45) is 0. The van der Waals surface area contributed by atoms with Gasteiger partial charge >= 0.3 is 6.03 Å². The molecule has 1 aliphatic heterocycles. The van der Waals surface area contributed by atoms with E-state index in [9.17, 15) is 14.4 Å². The van der Waals surface area contributed by atoms with E-state index in [4.69, 9.17) is 5.26 Å². The first kappa shape index (κ1) is 7.21. The lowest BCUT2D eigenvalue weighted by atomic mass is 10.1. The van der Waals surface area contributed by atoms with Crippen LogP contribution in [-0.2, 0) is 9.59 Å². The van der Waals surface area contributed by atoms with Crippen molar-refractivity contribution in [1.82, 2.24) is 10.6 Å². The Morgan fingerprint density at radius 1 is 1.18 bits per heavy atom. The van der Waals surface area contributed by atoms with Crippen molar-refractivity contribution >= 4 is 17.8 Å². The first-order chi connectivity index (χ1) is 5.15. The van der Waals surface area contributed by atoms with Crippen LogP contribution < -0.4 is 10.6 Å². The molecule has 0 spiro atoms. The predicted octanol–water partition coefficient (Wildman–Crippen LogP) is -1.51. The van der Waals surface area contributed by atoms with Crippen LogP contribution >= 0.6 is 0 Å². The van der Waals surface area contributed by atoms with Crippen LogP contribution in [0.2, 0.25) is 0 Å². The first-order valence-electron chi connectivity index (χ1n) is 2.70. The fourth-order valence-electron chi connectivity index (χ4n) is 0.636. The van der Waals surface area contributed by atoms with Crippen LogP contribution in [0.25, 0.3) is 0 Å². The van der Waals surface area contributed by atoms with Crippen LogP contribution in [0.1, 0.15) is 0 Å². The Balaban J connectivity index is 2.85. The van der Waals surface area contributed by atoms with Crippen LogP contribution in [0.15, 0.2) is 0 Å². The highest BCUT2D eigenvalue weighted by Crippen LogP contribution is 1.98. The number of nitrogens with one attached hydrogen (secondary N) is 2. The Hall–Kier alpha value is -1.90. The molecule has 4 amide bonds. The van der Waals surface area contributed by atoms with Crippen molar-refractivity contribution in [3.05, 3.63) is 0 Å². The smallest absolute Gasteiger partial charge is 0.276 e. The lowest BCUT2D eigenvalue weighted by molar-refractivity contribution is -0.133. The summed E-state index contributed by atoms with van der Waals surface area (Å²) in [5.41, 5.74) is 0. The maximum Gasteiger partial charge on any atom is 0.328 e. The Kier molecular flexibility index (Phi) is 1.56. The highest BCUT2D eigenvalue weighted by atomic mass is 16.2. The van der Waals surface area contributed by atoms with Gasteiger partial charge in [0.15, 0.2) is 0 Å². The van der Waals surface area contributed by atoms with E-state index in [0.717, 1.165) is 0 Å². The van der Waals surface area contributed by atoms with Gasteiger partial charge in [-0.05, 0) is 0 Å². The molecule has 0 aromatic carbocycles. The van der Waals surface area contributed by atoms with Gasteiger partial charge in [0.25, 0.3) is 11.8 Å². The fraction of sp³-hybridized carbons (Fsp3) is 0.200. The van der Waals surface area contributed by atoms with E-state index in [1.807, 2.05) is 0 Å². The van der Waals surface area contributed by atoms with E-state index in [2.05, 4.69) is 0 Å². The minimum Gasteiger partial charge on any atom is -0.276 e. The summed E-state index contributed by atoms with van der Waals surface area (Å²) in [6.45, 7) is 0. The lowest BCUT2D eigenvalue weighted by Crippen LogP contribution is -2.55. The quantitative estimate of drug-likeness (QED) is 0.413. The molecule has 0 aliphatic carbocycles. The SMILES string of the molecule is N#CC1C(=O)NC(=O)NC1=O. The third-order valence-electron chi connectivity index (χ3n) is 1.13. The monoisotopic (exact) mass is 153 g/mol. The van der Waals surface area contributed by atoms with E-state index in [0.29, 0.717) is 0 Å². The van der Waals surface area contributed by atoms with Gasteiger partial charge in [0.05, 0.1) is 6.07 Å². The molecule has 1 aliphatic rings. The molecule has 6 heteroatoms. The van der Waals surface area contributed by atoms with Gasteiger partial charge in [-0.2, -0.15) is 5.26 Å². The molecule has 0 radical (unpaired) electrons. The molecule has 1 rings (SSSR count). The van der Waals surface area contributed by atoms with Crippen LogP contribution in [0.5, 0.6) is 0 Å². The van der Waals surface area contributed by atoms with E-state index >= 15 is 0 Å². The highest BCUT2D eigenvalue weighted by molar-refractivity contribution is 6.17. The van der Waals surface area contributed by atoms with Crippen LogP contribution in [0.3, 0.4) is 0 Å². The lowest BCUT2D eigenvalue weighted by Gasteiger charge is -2.14. The standard InChI is InChI=1S/C5H3N3O3/c6-1-2-3(9)7-5(11)8-4(2)10/h2H,(H2,7,8,9,10,11). The van der Waals surface area contributed by atoms with Crippen molar-refractivity contribution in [3.8, 4) is 6.07 Å². The summed E-state index contributed by atoms with van der Waals surface area (Å²) in [5, 5.41) is 11.8. The Morgan fingerprint density at radius 2 is 1.64 bits per heavy atom. The zero-order valence-corrected chi connectivity index (χ0v) is 5.25. The first-order valence-corrected chi connectivity index (χ1v) is 2.70. The Bertz CT molecular complexity index is 257. The molecule has 1 fully saturated rings. The largest absolute Gasteiger partial charge is 0.328 e. The number of imide groups is 2. The summed E-state index contributed by atoms with van der Waals surface area (Å²) in [5.74, 6) is -3.16. The Morgan fingerprint density at radius 3 is 2.00 bits per heavy atom. The summed E-state index contributed by atoms with van der Waals surface area (Å²) in [6, 6.07) is 0.565. The number of urea groups is 1. The molecule has 0 saturated carbocycles. The van der Waals surface area contributed by atoms with Crippen LogP contribution in [0.4, 0.5) is 4.79 Å². The topological polar surface area (TPSA) is 99.1 Å². The normalized spacial score (nSPS) is 18.6. The maximum absolute atomic E-state index is 10.6. The average molecular weight is 153 g/mol. The van der Waals surface area contributed by atoms with Gasteiger partial charge in [-0.1, -0.05) is 0 Å². The zero-order valence-electron chi connectivity index (χ0n) is 5.25. The van der Waals surface area contributed by atoms with Gasteiger partial charge in [-0.15, -0.1) is 0 Å². The number of nitrogens with zero attached hydrogens (tertiary/aromatic N) is 1. The molecule has 11 heavy (non-hydrogen) atoms. The molecule has 0 aromatic heterocycles. The van der Waals surface area contributed by atoms with Gasteiger partial charge in [0, 0.05) is 0 Å². The van der Waals surface area contributed by atoms with Crippen molar-refractivity contribution in [3.63, 3.8) is 0 Å². The van der Waals surface area contributed by atoms with Gasteiger partial charge in [0.2, 0.25) is 5.92 Å². The number of hydrogen-bond acceptors (Lipinski definition) is 4. The minimum atomic E-state index is -1.41. The second-order valence-corrected chi connectivity index (χ2v) is 1.87. The van der Waals surface area contributed by atoms with Crippen LogP contribution in [-0.4, -0.2) is 17.8 Å². The molecule has 0 bridgehead atoms. The van der Waals surface area contributed by atoms with Crippen molar-refractivity contribution in [1.29, 1.82) is 5.26 Å². The molecule has 2 N–H and O–H groups in total. The molecular weight excluding hydrogens is 150 g/mol. The number of carbonyl (C=O) groups excluding carboxylic acids is 3. The minimum absolute atomic E-state index is 0.874. The third-order valence-corrected chi connectivity index (χ3v) is 1.13. The van der Waals surface area contributed by atoms with E-state index in [1.165, 1.54) is 6.07 Å². The van der Waals surface area contributed by atoms with Gasteiger partial charge in [-0.3, -0.25) is 20.2 Å². The zero-order chi connectivity index (χ0) is 8.43. The predicted molar refractivity (Wildman–Crippen MR) is 30.8 cm³/mol. The molecule has 0 atom stereocenters. The van der Waals surface area contributed by atoms with E-state index in [-0.39, 0.29) is 0 Å². The molecular formula is C5H3N3O3. The third kappa shape index (κ3) is 1.16. The maximum atomic E-state index is 10.6. The number of rotatable bonds is 0. The highest BCUT2D eigenvalue weighted by Gasteiger charge is 2.33. The summed E-state index contributed by atoms with van der Waals surface area (Å²) < 4.78 is 0. The van der Waals surface area contributed by atoms with E-state index in [1.54, 1.807) is 10.6 Å². The van der Waals surface area contributed by atoms with Crippen molar-refractivity contribution < 1.29 is 14.4 Å². The molecule has 1 saturated heterocycles. The van der Waals surface area contributed by atoms with Gasteiger partial charge in [0.1, 0.15) is 0 Å². The van der Waals surface area contributed by atoms with Crippen molar-refractivity contribution in [2.45, 2.75) is 0 Å². The second kappa shape index (κ2) is 2.38. The van der Waals surface area contributed by atoms with Gasteiger partial charge < -0.3 is 0 Å². The van der Waals surface area contributed by atoms with Crippen LogP contribution in [0, 0.1) is 17.2 Å². The van der Waals surface area contributed by atoms with Crippen molar-refractivity contribution in [2.24, 2.45) is 5.92 Å². The second-order valence-electron chi connectivity index (χ2n) is 1.87. The molecule has 0 unspecified atom stereocenters. The number of amides is 4. The molecule has 1 heterocycles. The number of hydrogen-bond donors (Lipinski definition) is 2.